The van der Waals surface area contributed by atoms with Crippen LogP contribution in [0.5, 0.6) is 5.75 Å². The maximum absolute atomic E-state index is 11.4. The van der Waals surface area contributed by atoms with Crippen LogP contribution in [0.4, 0.5) is 0 Å². The number of methoxy groups -OCH3 is 1. The van der Waals surface area contributed by atoms with Crippen molar-refractivity contribution in [3.8, 4) is 5.75 Å². The summed E-state index contributed by atoms with van der Waals surface area (Å²) < 4.78 is 32.9. The maximum Gasteiger partial charge on any atom is 0.332 e. The van der Waals surface area contributed by atoms with E-state index in [-0.39, 0.29) is 6.42 Å². The Hall–Kier alpha value is -1.11. The van der Waals surface area contributed by atoms with E-state index in [0.717, 1.165) is 5.56 Å². The van der Waals surface area contributed by atoms with Crippen LogP contribution in [0.1, 0.15) is 5.56 Å². The van der Waals surface area contributed by atoms with Gasteiger partial charge in [-0.05, 0) is 6.07 Å². The topological polar surface area (TPSA) is 78.6 Å². The lowest BCUT2D eigenvalue weighted by Crippen LogP contribution is -2.49. The maximum atomic E-state index is 11.4. The minimum absolute atomic E-state index is 0.110. The van der Waals surface area contributed by atoms with Crippen LogP contribution < -0.4 is 9.88 Å². The molecule has 1 aliphatic rings. The fourth-order valence-corrected chi connectivity index (χ4v) is 2.37. The average Bonchev–Trinajstić information content (AvgIpc) is 2.56. The van der Waals surface area contributed by atoms with Gasteiger partial charge in [0.05, 0.1) is 6.42 Å². The lowest BCUT2D eigenvalue weighted by Gasteiger charge is -2.23. The van der Waals surface area contributed by atoms with Crippen molar-refractivity contribution in [1.29, 1.82) is 0 Å². The molecule has 2 N–H and O–H groups in total. The highest BCUT2D eigenvalue weighted by Crippen LogP contribution is 2.37. The molecule has 0 bridgehead atoms. The Morgan fingerprint density at radius 3 is 2.67 bits per heavy atom. The molecular weight excluding hydrogens is 218 g/mol. The van der Waals surface area contributed by atoms with Gasteiger partial charge >= 0.3 is 5.12 Å². The summed E-state index contributed by atoms with van der Waals surface area (Å²) in [4.78, 5) is 0. The highest BCUT2D eigenvalue weighted by Gasteiger charge is 2.49. The zero-order valence-corrected chi connectivity index (χ0v) is 8.95. The van der Waals surface area contributed by atoms with Crippen molar-refractivity contribution in [2.75, 3.05) is 7.11 Å². The number of sulfonamides is 1. The Bertz CT molecular complexity index is 458. The molecule has 1 aromatic carbocycles. The van der Waals surface area contributed by atoms with Gasteiger partial charge in [-0.2, -0.15) is 0 Å². The SMILES string of the molecule is COC1(S(N)(=O)=O)Cc2ccccc2O1. The zero-order valence-electron chi connectivity index (χ0n) is 8.14. The van der Waals surface area contributed by atoms with Crippen molar-refractivity contribution in [3.05, 3.63) is 29.8 Å². The molecular formula is C9H11NO4S. The fourth-order valence-electron chi connectivity index (χ4n) is 1.57. The summed E-state index contributed by atoms with van der Waals surface area (Å²) in [5.41, 5.74) is 0.772. The predicted molar refractivity (Wildman–Crippen MR) is 53.6 cm³/mol. The van der Waals surface area contributed by atoms with E-state index < -0.39 is 15.1 Å². The lowest BCUT2D eigenvalue weighted by atomic mass is 10.2. The Morgan fingerprint density at radius 1 is 1.47 bits per heavy atom. The second-order valence-electron chi connectivity index (χ2n) is 3.32. The fraction of sp³-hybridized carbons (Fsp3) is 0.333. The highest BCUT2D eigenvalue weighted by atomic mass is 32.2. The monoisotopic (exact) mass is 229 g/mol. The molecule has 6 heteroatoms. The summed E-state index contributed by atoms with van der Waals surface area (Å²) in [6.45, 7) is 0. The third kappa shape index (κ3) is 1.50. The standard InChI is InChI=1S/C9H11NO4S/c1-13-9(15(10,11)12)6-7-4-2-3-5-8(7)14-9/h2-5H,6H2,1H3,(H2,10,11,12). The third-order valence-electron chi connectivity index (χ3n) is 2.39. The summed E-state index contributed by atoms with van der Waals surface area (Å²) in [5, 5.41) is 3.32. The van der Waals surface area contributed by atoms with Gasteiger partial charge in [-0.25, -0.2) is 13.6 Å². The number of ether oxygens (including phenoxy) is 2. The first kappa shape index (κ1) is 10.4. The van der Waals surface area contributed by atoms with Crippen LogP contribution in [0.15, 0.2) is 24.3 Å². The highest BCUT2D eigenvalue weighted by molar-refractivity contribution is 7.90. The number of para-hydroxylation sites is 1. The summed E-state index contributed by atoms with van der Waals surface area (Å²) in [6, 6.07) is 7.02. The first-order chi connectivity index (χ1) is 6.98. The molecule has 1 aromatic rings. The molecule has 82 valence electrons. The molecule has 0 saturated heterocycles. The van der Waals surface area contributed by atoms with Gasteiger partial charge in [0.15, 0.2) is 0 Å². The zero-order chi connectivity index (χ0) is 11.1. The molecule has 0 spiro atoms. The van der Waals surface area contributed by atoms with E-state index in [9.17, 15) is 8.42 Å². The average molecular weight is 229 g/mol. The second kappa shape index (κ2) is 3.19. The summed E-state index contributed by atoms with van der Waals surface area (Å²) in [5.74, 6) is 0.494. The van der Waals surface area contributed by atoms with Gasteiger partial charge in [0.2, 0.25) is 0 Å². The number of hydrogen-bond acceptors (Lipinski definition) is 4. The number of benzene rings is 1. The lowest BCUT2D eigenvalue weighted by molar-refractivity contribution is -0.0784. The number of primary sulfonamides is 1. The summed E-state index contributed by atoms with van der Waals surface area (Å²) in [7, 11) is -2.67. The number of nitrogens with two attached hydrogens (primary N) is 1. The Labute approximate surface area is 87.8 Å². The van der Waals surface area contributed by atoms with E-state index in [1.54, 1.807) is 24.3 Å². The molecule has 1 heterocycles. The van der Waals surface area contributed by atoms with E-state index in [2.05, 4.69) is 0 Å². The molecule has 15 heavy (non-hydrogen) atoms. The number of rotatable bonds is 2. The number of fused-ring (bicyclic) bond motifs is 1. The molecule has 0 fully saturated rings. The summed E-state index contributed by atoms with van der Waals surface area (Å²) >= 11 is 0. The van der Waals surface area contributed by atoms with Crippen LogP contribution in [0.3, 0.4) is 0 Å². The van der Waals surface area contributed by atoms with Crippen molar-refractivity contribution in [2.45, 2.75) is 11.5 Å². The predicted octanol–water partition coefficient (Wildman–Crippen LogP) is 0.210. The molecule has 2 rings (SSSR count). The number of hydrogen-bond donors (Lipinski definition) is 1. The Kier molecular flexibility index (Phi) is 2.22. The normalized spacial score (nSPS) is 24.7. The van der Waals surface area contributed by atoms with Crippen LogP contribution in [-0.2, 0) is 21.2 Å². The van der Waals surface area contributed by atoms with E-state index in [1.165, 1.54) is 7.11 Å². The molecule has 5 nitrogen and oxygen atoms in total. The van der Waals surface area contributed by atoms with Crippen LogP contribution in [0.25, 0.3) is 0 Å². The molecule has 0 aromatic heterocycles. The van der Waals surface area contributed by atoms with Crippen molar-refractivity contribution in [1.82, 2.24) is 0 Å². The molecule has 0 aliphatic carbocycles. The molecule has 0 saturated carbocycles. The minimum atomic E-state index is -3.93. The summed E-state index contributed by atoms with van der Waals surface area (Å²) in [6.07, 6.45) is 0.110. The molecule has 1 aliphatic heterocycles. The molecule has 0 amide bonds. The van der Waals surface area contributed by atoms with Gasteiger partial charge in [-0.1, -0.05) is 18.2 Å². The Balaban J connectivity index is 2.47. The smallest absolute Gasteiger partial charge is 0.332 e. The van der Waals surface area contributed by atoms with Crippen molar-refractivity contribution < 1.29 is 17.9 Å². The van der Waals surface area contributed by atoms with E-state index in [0.29, 0.717) is 5.75 Å². The van der Waals surface area contributed by atoms with Crippen LogP contribution >= 0.6 is 0 Å². The van der Waals surface area contributed by atoms with Gasteiger partial charge in [0.25, 0.3) is 10.0 Å². The molecule has 0 radical (unpaired) electrons. The van der Waals surface area contributed by atoms with Gasteiger partial charge in [0, 0.05) is 12.7 Å². The van der Waals surface area contributed by atoms with E-state index in [4.69, 9.17) is 14.6 Å². The largest absolute Gasteiger partial charge is 0.447 e. The van der Waals surface area contributed by atoms with E-state index in [1.807, 2.05) is 0 Å². The molecule has 1 unspecified atom stereocenters. The van der Waals surface area contributed by atoms with Gasteiger partial charge in [-0.3, -0.25) is 0 Å². The third-order valence-corrected chi connectivity index (χ3v) is 3.65. The van der Waals surface area contributed by atoms with Crippen molar-refractivity contribution >= 4 is 10.0 Å². The van der Waals surface area contributed by atoms with Crippen molar-refractivity contribution in [2.24, 2.45) is 5.14 Å². The van der Waals surface area contributed by atoms with Gasteiger partial charge in [-0.15, -0.1) is 0 Å². The van der Waals surface area contributed by atoms with Crippen LogP contribution in [-0.4, -0.2) is 20.6 Å². The van der Waals surface area contributed by atoms with Crippen LogP contribution in [0.2, 0.25) is 0 Å². The second-order valence-corrected chi connectivity index (χ2v) is 5.03. The van der Waals surface area contributed by atoms with Crippen molar-refractivity contribution in [3.63, 3.8) is 0 Å². The molecule has 1 atom stereocenters. The first-order valence-electron chi connectivity index (χ1n) is 4.33. The van der Waals surface area contributed by atoms with Gasteiger partial charge in [0.1, 0.15) is 5.75 Å². The Morgan fingerprint density at radius 2 is 2.13 bits per heavy atom. The van der Waals surface area contributed by atoms with Crippen LogP contribution in [0, 0.1) is 0 Å². The van der Waals surface area contributed by atoms with Gasteiger partial charge < -0.3 is 9.47 Å². The minimum Gasteiger partial charge on any atom is -0.447 e. The first-order valence-corrected chi connectivity index (χ1v) is 5.87. The van der Waals surface area contributed by atoms with E-state index >= 15 is 0 Å². The quantitative estimate of drug-likeness (QED) is 0.786.